The van der Waals surface area contributed by atoms with Crippen LogP contribution in [0.25, 0.3) is 33.5 Å². The van der Waals surface area contributed by atoms with E-state index >= 15 is 0 Å². The minimum Gasteiger partial charge on any atom is -0.314 e. The molecule has 354 valence electrons. The summed E-state index contributed by atoms with van der Waals surface area (Å²) in [7, 11) is 0. The van der Waals surface area contributed by atoms with E-state index < -0.39 is 0 Å². The van der Waals surface area contributed by atoms with Crippen LogP contribution in [0.1, 0.15) is 114 Å². The van der Waals surface area contributed by atoms with Crippen LogP contribution in [0.5, 0.6) is 0 Å². The summed E-state index contributed by atoms with van der Waals surface area (Å²) in [6.07, 6.45) is 18.5. The molecule has 0 heterocycles. The molecule has 0 amide bonds. The maximum atomic E-state index is 4.13. The second-order valence-corrected chi connectivity index (χ2v) is 20.9. The van der Waals surface area contributed by atoms with Crippen molar-refractivity contribution < 1.29 is 0 Å². The van der Waals surface area contributed by atoms with Gasteiger partial charge in [0.15, 0.2) is 0 Å². The average Bonchev–Trinajstić information content (AvgIpc) is 3.35. The van der Waals surface area contributed by atoms with Crippen LogP contribution in [-0.2, 0) is 17.3 Å². The van der Waals surface area contributed by atoms with Gasteiger partial charge in [-0.3, -0.25) is 0 Å². The Morgan fingerprint density at radius 1 is 0.657 bits per heavy atom. The van der Waals surface area contributed by atoms with Crippen molar-refractivity contribution in [2.45, 2.75) is 106 Å². The molecule has 0 saturated carbocycles. The van der Waals surface area contributed by atoms with Gasteiger partial charge in [-0.05, 0) is 168 Å². The van der Waals surface area contributed by atoms with Gasteiger partial charge in [-0.2, -0.15) is 0 Å². The highest BCUT2D eigenvalue weighted by molar-refractivity contribution is 6.00. The zero-order valence-corrected chi connectivity index (χ0v) is 43.6. The summed E-state index contributed by atoms with van der Waals surface area (Å²) < 4.78 is 0. The van der Waals surface area contributed by atoms with Crippen LogP contribution in [-0.4, -0.2) is 0 Å². The van der Waals surface area contributed by atoms with E-state index in [1.165, 1.54) is 77.9 Å². The molecule has 1 aliphatic rings. The van der Waals surface area contributed by atoms with Crippen LogP contribution in [0.15, 0.2) is 205 Å². The molecule has 70 heavy (non-hydrogen) atoms. The van der Waals surface area contributed by atoms with Crippen LogP contribution < -0.4 is 9.80 Å². The molecule has 0 N–H and O–H groups in total. The van der Waals surface area contributed by atoms with E-state index in [4.69, 9.17) is 0 Å². The molecule has 0 bridgehead atoms. The standard InChI is InChI=1S/C68H72N2/c1-13-16-26-56(49(6)50(14-2)45-52(15-3)69(53-37-33-47(4)34-38-53)65-43-41-63(67(7,8)9)59-29-19-21-31-61(59)65)58-28-18-17-27-57(58)51-24-23-25-55(46-51)70(54-39-35-48(5)36-40-54)66-44-42-64(68(10,11)12)60-30-20-22-32-62(60)66/h13-14,16-19,21-29,31-46H,1,15,20,30H2,2-12H3. The Bertz CT molecular complexity index is 3190. The number of aryl methyl sites for hydroxylation is 2. The van der Waals surface area contributed by atoms with Crippen LogP contribution in [0.2, 0.25) is 0 Å². The van der Waals surface area contributed by atoms with Gasteiger partial charge in [-0.1, -0.05) is 200 Å². The number of fused-ring (bicyclic) bond motifs is 2. The zero-order valence-electron chi connectivity index (χ0n) is 43.6. The van der Waals surface area contributed by atoms with Crippen molar-refractivity contribution in [3.8, 4) is 11.1 Å². The predicted octanol–water partition coefficient (Wildman–Crippen LogP) is 19.7. The Labute approximate surface area is 420 Å². The summed E-state index contributed by atoms with van der Waals surface area (Å²) in [5.74, 6) is 0. The van der Waals surface area contributed by atoms with Crippen molar-refractivity contribution in [2.75, 3.05) is 9.80 Å². The van der Waals surface area contributed by atoms with E-state index in [1.54, 1.807) is 0 Å². The maximum absolute atomic E-state index is 4.13. The molecule has 2 nitrogen and oxygen atoms in total. The second kappa shape index (κ2) is 20.8. The highest BCUT2D eigenvalue weighted by atomic mass is 15.2. The fourth-order valence-electron chi connectivity index (χ4n) is 10.3. The Hall–Kier alpha value is -7.16. The molecule has 1 aliphatic carbocycles. The molecule has 0 aromatic heterocycles. The van der Waals surface area contributed by atoms with E-state index in [0.717, 1.165) is 53.0 Å². The summed E-state index contributed by atoms with van der Waals surface area (Å²) in [4.78, 5) is 4.94. The largest absolute Gasteiger partial charge is 0.314 e. The number of hydrogen-bond donors (Lipinski definition) is 0. The summed E-state index contributed by atoms with van der Waals surface area (Å²) in [5.41, 5.74) is 22.0. The van der Waals surface area contributed by atoms with E-state index in [9.17, 15) is 0 Å². The Morgan fingerprint density at radius 3 is 1.94 bits per heavy atom. The fraction of sp³-hybridized carbons (Fsp3) is 0.235. The molecule has 0 fully saturated rings. The van der Waals surface area contributed by atoms with Gasteiger partial charge in [0.25, 0.3) is 0 Å². The highest BCUT2D eigenvalue weighted by Gasteiger charge is 2.27. The van der Waals surface area contributed by atoms with Gasteiger partial charge in [0, 0.05) is 33.7 Å². The molecule has 7 aromatic carbocycles. The van der Waals surface area contributed by atoms with Crippen molar-refractivity contribution in [3.05, 3.63) is 244 Å². The molecular weight excluding hydrogens is 845 g/mol. The molecule has 0 spiro atoms. The van der Waals surface area contributed by atoms with E-state index in [0.29, 0.717) is 0 Å². The van der Waals surface area contributed by atoms with Gasteiger partial charge in [0.1, 0.15) is 0 Å². The lowest BCUT2D eigenvalue weighted by Gasteiger charge is -2.32. The second-order valence-electron chi connectivity index (χ2n) is 20.9. The minimum absolute atomic E-state index is 0.000835. The monoisotopic (exact) mass is 917 g/mol. The number of anilines is 5. The van der Waals surface area contributed by atoms with E-state index in [2.05, 4.69) is 275 Å². The van der Waals surface area contributed by atoms with Crippen LogP contribution in [0, 0.1) is 13.8 Å². The molecule has 0 radical (unpaired) electrons. The minimum atomic E-state index is -0.000835. The van der Waals surface area contributed by atoms with Gasteiger partial charge in [0.2, 0.25) is 0 Å². The van der Waals surface area contributed by atoms with Gasteiger partial charge in [-0.15, -0.1) is 0 Å². The third-order valence-corrected chi connectivity index (χ3v) is 13.9. The average molecular weight is 917 g/mol. The van der Waals surface area contributed by atoms with E-state index in [1.807, 2.05) is 6.08 Å². The van der Waals surface area contributed by atoms with E-state index in [-0.39, 0.29) is 10.8 Å². The molecule has 0 saturated heterocycles. The summed E-state index contributed by atoms with van der Waals surface area (Å²) in [5, 5.41) is 2.53. The number of benzene rings is 7. The smallest absolute Gasteiger partial charge is 0.0537 e. The normalized spacial score (nSPS) is 13.6. The van der Waals surface area contributed by atoms with Crippen LogP contribution in [0.4, 0.5) is 28.4 Å². The van der Waals surface area contributed by atoms with Crippen molar-refractivity contribution in [3.63, 3.8) is 0 Å². The number of hydrogen-bond acceptors (Lipinski definition) is 2. The first-order valence-corrected chi connectivity index (χ1v) is 25.3. The van der Waals surface area contributed by atoms with Gasteiger partial charge in [-0.25, -0.2) is 0 Å². The Morgan fingerprint density at radius 2 is 1.29 bits per heavy atom. The van der Waals surface area contributed by atoms with Gasteiger partial charge >= 0.3 is 0 Å². The lowest BCUT2D eigenvalue weighted by atomic mass is 9.79. The number of allylic oxidation sites excluding steroid dienone is 10. The first-order chi connectivity index (χ1) is 33.6. The zero-order chi connectivity index (χ0) is 49.7. The Balaban J connectivity index is 1.28. The first kappa shape index (κ1) is 49.3. The van der Waals surface area contributed by atoms with Crippen molar-refractivity contribution in [1.29, 1.82) is 0 Å². The molecule has 8 rings (SSSR count). The third-order valence-electron chi connectivity index (χ3n) is 13.9. The molecule has 0 aliphatic heterocycles. The first-order valence-electron chi connectivity index (χ1n) is 25.3. The molecule has 7 aromatic rings. The topological polar surface area (TPSA) is 6.48 Å². The number of nitrogens with zero attached hydrogens (tertiary/aromatic N) is 2. The molecular formula is C68H72N2. The summed E-state index contributed by atoms with van der Waals surface area (Å²) >= 11 is 0. The van der Waals surface area contributed by atoms with Crippen LogP contribution in [0.3, 0.4) is 0 Å². The maximum Gasteiger partial charge on any atom is 0.0537 e. The molecule has 2 heteroatoms. The van der Waals surface area contributed by atoms with Crippen molar-refractivity contribution >= 4 is 50.9 Å². The lowest BCUT2D eigenvalue weighted by Crippen LogP contribution is -2.19. The lowest BCUT2D eigenvalue weighted by molar-refractivity contribution is 0.581. The quantitative estimate of drug-likeness (QED) is 0.106. The summed E-state index contributed by atoms with van der Waals surface area (Å²) in [6.45, 7) is 29.1. The summed E-state index contributed by atoms with van der Waals surface area (Å²) in [6, 6.07) is 54.2. The van der Waals surface area contributed by atoms with Crippen molar-refractivity contribution in [1.82, 2.24) is 0 Å². The Kier molecular flexibility index (Phi) is 14.7. The van der Waals surface area contributed by atoms with Gasteiger partial charge in [0.05, 0.1) is 11.4 Å². The molecule has 0 atom stereocenters. The highest BCUT2D eigenvalue weighted by Crippen LogP contribution is 2.46. The molecule has 0 unspecified atom stereocenters. The third kappa shape index (κ3) is 10.2. The van der Waals surface area contributed by atoms with Crippen LogP contribution >= 0.6 is 0 Å². The fourth-order valence-corrected chi connectivity index (χ4v) is 10.3. The number of rotatable bonds is 13. The predicted molar refractivity (Wildman–Crippen MR) is 307 cm³/mol. The van der Waals surface area contributed by atoms with Gasteiger partial charge < -0.3 is 9.80 Å². The SMILES string of the molecule is C=CC=CC(=C(C)C(=CC)C=C(CC)N(c1ccc(C)cc1)c1ccc(C(C)(C)C)c2ccccc12)c1ccccc1-c1cccc(N(c2ccc(C)cc2)c2ccc(C(C)(C)C)c3c2C=CCC3)c1. The van der Waals surface area contributed by atoms with Crippen molar-refractivity contribution in [2.24, 2.45) is 0 Å².